The molecule has 1 saturated carbocycles. The van der Waals surface area contributed by atoms with E-state index in [0.717, 1.165) is 38.5 Å². The molecule has 1 amide bonds. The number of rotatable bonds is 3. The highest BCUT2D eigenvalue weighted by atomic mass is 16.4. The van der Waals surface area contributed by atoms with E-state index in [0.29, 0.717) is 0 Å². The smallest absolute Gasteiger partial charge is 0.319 e. The van der Waals surface area contributed by atoms with Crippen LogP contribution >= 0.6 is 0 Å². The molecule has 1 atom stereocenters. The molecule has 4 heteroatoms. The second-order valence-electron chi connectivity index (χ2n) is 4.56. The van der Waals surface area contributed by atoms with Gasteiger partial charge < -0.3 is 10.8 Å². The first-order chi connectivity index (χ1) is 6.99. The average Bonchev–Trinajstić information content (AvgIpc) is 2.43. The van der Waals surface area contributed by atoms with Crippen LogP contribution in [0.15, 0.2) is 0 Å². The predicted octanol–water partition coefficient (Wildman–Crippen LogP) is 1.53. The predicted molar refractivity (Wildman–Crippen MR) is 56.1 cm³/mol. The molecule has 0 radical (unpaired) electrons. The van der Waals surface area contributed by atoms with Crippen molar-refractivity contribution >= 4 is 11.9 Å². The normalized spacial score (nSPS) is 22.7. The molecule has 0 spiro atoms. The van der Waals surface area contributed by atoms with Gasteiger partial charge in [-0.05, 0) is 25.7 Å². The van der Waals surface area contributed by atoms with E-state index in [9.17, 15) is 9.59 Å². The molecule has 1 unspecified atom stereocenters. The van der Waals surface area contributed by atoms with Crippen LogP contribution in [0.3, 0.4) is 0 Å². The fourth-order valence-corrected chi connectivity index (χ4v) is 2.34. The van der Waals surface area contributed by atoms with Gasteiger partial charge in [0.2, 0.25) is 5.91 Å². The van der Waals surface area contributed by atoms with E-state index >= 15 is 0 Å². The number of amides is 1. The van der Waals surface area contributed by atoms with Crippen molar-refractivity contribution in [3.8, 4) is 0 Å². The third-order valence-electron chi connectivity index (χ3n) is 3.63. The van der Waals surface area contributed by atoms with Crippen LogP contribution in [0.2, 0.25) is 0 Å². The molecule has 1 fully saturated rings. The third-order valence-corrected chi connectivity index (χ3v) is 3.63. The lowest BCUT2D eigenvalue weighted by Crippen LogP contribution is -2.47. The number of hydrogen-bond donors (Lipinski definition) is 2. The summed E-state index contributed by atoms with van der Waals surface area (Å²) >= 11 is 0. The van der Waals surface area contributed by atoms with Crippen LogP contribution in [-0.4, -0.2) is 17.0 Å². The number of primary amides is 1. The molecule has 1 aliphatic carbocycles. The summed E-state index contributed by atoms with van der Waals surface area (Å²) < 4.78 is 0. The zero-order valence-electron chi connectivity index (χ0n) is 9.16. The number of carboxylic acids is 1. The van der Waals surface area contributed by atoms with E-state index in [2.05, 4.69) is 0 Å². The molecule has 1 rings (SSSR count). The number of carboxylic acid groups (broad SMARTS) is 1. The van der Waals surface area contributed by atoms with Gasteiger partial charge in [0.1, 0.15) is 5.41 Å². The van der Waals surface area contributed by atoms with Crippen molar-refractivity contribution in [3.63, 3.8) is 0 Å². The Kier molecular flexibility index (Phi) is 3.72. The molecule has 0 saturated heterocycles. The van der Waals surface area contributed by atoms with Crippen LogP contribution in [0.1, 0.15) is 45.4 Å². The molecule has 15 heavy (non-hydrogen) atoms. The molecule has 0 bridgehead atoms. The summed E-state index contributed by atoms with van der Waals surface area (Å²) in [6.07, 6.45) is 5.86. The molecule has 1 aliphatic rings. The Bertz CT molecular complexity index is 241. The van der Waals surface area contributed by atoms with Crippen molar-refractivity contribution in [3.05, 3.63) is 0 Å². The zero-order valence-corrected chi connectivity index (χ0v) is 9.16. The molecule has 0 aromatic carbocycles. The summed E-state index contributed by atoms with van der Waals surface area (Å²) in [5, 5.41) is 9.15. The second kappa shape index (κ2) is 4.64. The Hall–Kier alpha value is -1.06. The van der Waals surface area contributed by atoms with E-state index in [4.69, 9.17) is 10.8 Å². The van der Waals surface area contributed by atoms with Crippen LogP contribution in [0.4, 0.5) is 0 Å². The topological polar surface area (TPSA) is 80.4 Å². The van der Waals surface area contributed by atoms with Gasteiger partial charge in [0, 0.05) is 0 Å². The van der Waals surface area contributed by atoms with E-state index in [-0.39, 0.29) is 5.92 Å². The Balaban J connectivity index is 2.87. The van der Waals surface area contributed by atoms with Crippen molar-refractivity contribution in [2.24, 2.45) is 17.1 Å². The van der Waals surface area contributed by atoms with Gasteiger partial charge in [0.15, 0.2) is 0 Å². The average molecular weight is 213 g/mol. The highest BCUT2D eigenvalue weighted by molar-refractivity contribution is 6.01. The van der Waals surface area contributed by atoms with Crippen molar-refractivity contribution < 1.29 is 14.7 Å². The Morgan fingerprint density at radius 2 is 1.67 bits per heavy atom. The van der Waals surface area contributed by atoms with Crippen molar-refractivity contribution in [1.82, 2.24) is 0 Å². The molecule has 0 aromatic heterocycles. The Morgan fingerprint density at radius 1 is 1.20 bits per heavy atom. The number of carbonyl (C=O) groups excluding carboxylic acids is 1. The van der Waals surface area contributed by atoms with Gasteiger partial charge in [-0.2, -0.15) is 0 Å². The van der Waals surface area contributed by atoms with Crippen LogP contribution in [0, 0.1) is 11.3 Å². The first-order valence-electron chi connectivity index (χ1n) is 5.53. The monoisotopic (exact) mass is 213 g/mol. The quantitative estimate of drug-likeness (QED) is 0.551. The van der Waals surface area contributed by atoms with Crippen LogP contribution < -0.4 is 5.73 Å². The van der Waals surface area contributed by atoms with Crippen molar-refractivity contribution in [1.29, 1.82) is 0 Å². The van der Waals surface area contributed by atoms with Gasteiger partial charge in [-0.3, -0.25) is 9.59 Å². The van der Waals surface area contributed by atoms with Gasteiger partial charge in [-0.15, -0.1) is 0 Å². The zero-order chi connectivity index (χ0) is 11.5. The van der Waals surface area contributed by atoms with E-state index in [1.165, 1.54) is 6.92 Å². The standard InChI is InChI=1S/C11H19NO3/c1-11(9(12)13,10(14)15)8-6-4-2-3-5-7-8/h8H,2-7H2,1H3,(H2,12,13)(H,14,15). The SMILES string of the molecule is CC(C(N)=O)(C(=O)O)C1CCCCCC1. The molecule has 0 aliphatic heterocycles. The second-order valence-corrected chi connectivity index (χ2v) is 4.56. The molecule has 86 valence electrons. The maximum absolute atomic E-state index is 11.3. The lowest BCUT2D eigenvalue weighted by atomic mass is 9.72. The first-order valence-corrected chi connectivity index (χ1v) is 5.53. The molecule has 0 heterocycles. The molecular weight excluding hydrogens is 194 g/mol. The number of aliphatic carboxylic acids is 1. The van der Waals surface area contributed by atoms with Gasteiger partial charge in [-0.1, -0.05) is 25.7 Å². The molecule has 4 nitrogen and oxygen atoms in total. The number of carbonyl (C=O) groups is 2. The van der Waals surface area contributed by atoms with Crippen LogP contribution in [0.5, 0.6) is 0 Å². The number of hydrogen-bond acceptors (Lipinski definition) is 2. The maximum Gasteiger partial charge on any atom is 0.319 e. The minimum atomic E-state index is -1.38. The Morgan fingerprint density at radius 3 is 2.00 bits per heavy atom. The number of nitrogens with two attached hydrogens (primary N) is 1. The van der Waals surface area contributed by atoms with Crippen molar-refractivity contribution in [2.45, 2.75) is 45.4 Å². The van der Waals surface area contributed by atoms with Crippen molar-refractivity contribution in [2.75, 3.05) is 0 Å². The van der Waals surface area contributed by atoms with E-state index < -0.39 is 17.3 Å². The van der Waals surface area contributed by atoms with Gasteiger partial charge in [-0.25, -0.2) is 0 Å². The van der Waals surface area contributed by atoms with E-state index in [1.54, 1.807) is 0 Å². The van der Waals surface area contributed by atoms with Gasteiger partial charge in [0.25, 0.3) is 0 Å². The highest BCUT2D eigenvalue weighted by Gasteiger charge is 2.46. The third kappa shape index (κ3) is 2.30. The Labute approximate surface area is 89.8 Å². The van der Waals surface area contributed by atoms with Gasteiger partial charge >= 0.3 is 5.97 Å². The summed E-state index contributed by atoms with van der Waals surface area (Å²) in [5.41, 5.74) is 3.85. The van der Waals surface area contributed by atoms with Gasteiger partial charge in [0.05, 0.1) is 0 Å². The minimum absolute atomic E-state index is 0.102. The summed E-state index contributed by atoms with van der Waals surface area (Å²) in [6, 6.07) is 0. The van der Waals surface area contributed by atoms with E-state index in [1.807, 2.05) is 0 Å². The summed E-state index contributed by atoms with van der Waals surface area (Å²) in [4.78, 5) is 22.5. The fourth-order valence-electron chi connectivity index (χ4n) is 2.34. The largest absolute Gasteiger partial charge is 0.480 e. The first kappa shape index (κ1) is 12.0. The lowest BCUT2D eigenvalue weighted by molar-refractivity contribution is -0.157. The summed E-state index contributed by atoms with van der Waals surface area (Å²) in [5.74, 6) is -1.89. The summed E-state index contributed by atoms with van der Waals surface area (Å²) in [6.45, 7) is 1.47. The minimum Gasteiger partial charge on any atom is -0.480 e. The summed E-state index contributed by atoms with van der Waals surface area (Å²) in [7, 11) is 0. The lowest BCUT2D eigenvalue weighted by Gasteiger charge is -2.30. The van der Waals surface area contributed by atoms with Crippen LogP contribution in [-0.2, 0) is 9.59 Å². The molecule has 3 N–H and O–H groups in total. The molecular formula is C11H19NO3. The highest BCUT2D eigenvalue weighted by Crippen LogP contribution is 2.37. The maximum atomic E-state index is 11.3. The molecule has 0 aromatic rings. The van der Waals surface area contributed by atoms with Crippen LogP contribution in [0.25, 0.3) is 0 Å². The fraction of sp³-hybridized carbons (Fsp3) is 0.818.